The molecular weight excluding hydrogens is 389 g/mol. The minimum Gasteiger partial charge on any atom is -0.479 e. The van der Waals surface area contributed by atoms with Crippen molar-refractivity contribution in [2.75, 3.05) is 6.54 Å². The van der Waals surface area contributed by atoms with Crippen molar-refractivity contribution in [2.24, 2.45) is 0 Å². The number of unbranched alkanes of at least 4 members (excludes halogenated alkanes) is 8. The van der Waals surface area contributed by atoms with Crippen molar-refractivity contribution in [3.8, 4) is 0 Å². The summed E-state index contributed by atoms with van der Waals surface area (Å²) in [4.78, 5) is 21.9. The predicted octanol–water partition coefficient (Wildman–Crippen LogP) is 5.87. The second kappa shape index (κ2) is 13.2. The van der Waals surface area contributed by atoms with E-state index < -0.39 is 24.9 Å². The van der Waals surface area contributed by atoms with Crippen LogP contribution in [0.25, 0.3) is 0 Å². The second-order valence-corrected chi connectivity index (χ2v) is 9.89. The molecule has 1 aromatic rings. The third-order valence-electron chi connectivity index (χ3n) is 4.93. The molecule has 6 nitrogen and oxygen atoms in total. The lowest BCUT2D eigenvalue weighted by molar-refractivity contribution is -0.152. The van der Waals surface area contributed by atoms with E-state index in [9.17, 15) is 19.4 Å². The molecule has 0 bridgehead atoms. The van der Waals surface area contributed by atoms with Crippen LogP contribution >= 0.6 is 7.60 Å². The van der Waals surface area contributed by atoms with E-state index in [0.717, 1.165) is 19.3 Å². The van der Waals surface area contributed by atoms with Gasteiger partial charge in [-0.25, -0.2) is 4.79 Å². The first-order valence-electron chi connectivity index (χ1n) is 10.8. The highest BCUT2D eigenvalue weighted by atomic mass is 31.2. The Hall–Kier alpha value is -1.20. The fourth-order valence-corrected chi connectivity index (χ4v) is 4.90. The average molecular weight is 428 g/mol. The molecule has 1 rings (SSSR count). The Morgan fingerprint density at radius 1 is 1.03 bits per heavy atom. The zero-order valence-electron chi connectivity index (χ0n) is 18.1. The van der Waals surface area contributed by atoms with Gasteiger partial charge in [0.1, 0.15) is 5.78 Å². The van der Waals surface area contributed by atoms with Gasteiger partial charge in [-0.2, -0.15) is 0 Å². The molecule has 2 atom stereocenters. The summed E-state index contributed by atoms with van der Waals surface area (Å²) in [6.07, 6.45) is 10.8. The molecule has 166 valence electrons. The number of rotatable bonds is 16. The Kier molecular flexibility index (Phi) is 11.7. The van der Waals surface area contributed by atoms with E-state index in [-0.39, 0.29) is 0 Å². The first-order valence-corrected chi connectivity index (χ1v) is 12.4. The van der Waals surface area contributed by atoms with E-state index in [2.05, 4.69) is 12.2 Å². The summed E-state index contributed by atoms with van der Waals surface area (Å²) in [5, 5.41) is 12.4. The van der Waals surface area contributed by atoms with Crippen molar-refractivity contribution >= 4 is 13.6 Å². The predicted molar refractivity (Wildman–Crippen MR) is 117 cm³/mol. The van der Waals surface area contributed by atoms with Gasteiger partial charge in [0, 0.05) is 0 Å². The van der Waals surface area contributed by atoms with E-state index in [4.69, 9.17) is 4.52 Å². The summed E-state index contributed by atoms with van der Waals surface area (Å²) in [5.74, 6) is -2.24. The van der Waals surface area contributed by atoms with Gasteiger partial charge in [0.15, 0.2) is 5.60 Å². The van der Waals surface area contributed by atoms with Gasteiger partial charge in [0.2, 0.25) is 0 Å². The van der Waals surface area contributed by atoms with Crippen LogP contribution in [0.2, 0.25) is 0 Å². The van der Waals surface area contributed by atoms with E-state index in [0.29, 0.717) is 12.1 Å². The largest absolute Gasteiger partial charge is 0.479 e. The fourth-order valence-electron chi connectivity index (χ4n) is 3.15. The normalized spacial score (nSPS) is 15.0. The highest BCUT2D eigenvalue weighted by Crippen LogP contribution is 2.57. The zero-order chi connectivity index (χ0) is 21.8. The Bertz CT molecular complexity index is 635. The first kappa shape index (κ1) is 25.8. The van der Waals surface area contributed by atoms with E-state index in [1.807, 2.05) is 6.07 Å². The van der Waals surface area contributed by atoms with E-state index >= 15 is 0 Å². The van der Waals surface area contributed by atoms with Crippen molar-refractivity contribution in [3.63, 3.8) is 0 Å². The van der Waals surface area contributed by atoms with Gasteiger partial charge in [-0.3, -0.25) is 14.4 Å². The summed E-state index contributed by atoms with van der Waals surface area (Å²) >= 11 is 0. The van der Waals surface area contributed by atoms with Gasteiger partial charge >= 0.3 is 13.6 Å². The number of hydrogen-bond acceptors (Lipinski definition) is 4. The molecule has 0 aliphatic heterocycles. The van der Waals surface area contributed by atoms with Crippen LogP contribution in [0.4, 0.5) is 0 Å². The van der Waals surface area contributed by atoms with E-state index in [1.54, 1.807) is 24.3 Å². The van der Waals surface area contributed by atoms with E-state index in [1.165, 1.54) is 52.4 Å². The molecule has 0 radical (unpaired) electrons. The van der Waals surface area contributed by atoms with Gasteiger partial charge in [0.25, 0.3) is 0 Å². The van der Waals surface area contributed by atoms with Gasteiger partial charge in [-0.1, -0.05) is 88.6 Å². The van der Waals surface area contributed by atoms with Crippen LogP contribution in [0.3, 0.4) is 0 Å². The van der Waals surface area contributed by atoms with Gasteiger partial charge in [0.05, 0.1) is 0 Å². The second-order valence-electron chi connectivity index (χ2n) is 8.07. The Balaban J connectivity index is 2.56. The van der Waals surface area contributed by atoms with Crippen LogP contribution < -0.4 is 5.32 Å². The monoisotopic (exact) mass is 427 g/mol. The zero-order valence-corrected chi connectivity index (χ0v) is 19.0. The van der Waals surface area contributed by atoms with Crippen molar-refractivity contribution in [1.29, 1.82) is 0 Å². The fraction of sp³-hybridized carbons (Fsp3) is 0.682. The van der Waals surface area contributed by atoms with Gasteiger partial charge in [-0.15, -0.1) is 0 Å². The molecular formula is C22H38NO5P. The Morgan fingerprint density at radius 3 is 2.07 bits per heavy atom. The Morgan fingerprint density at radius 2 is 1.55 bits per heavy atom. The number of carboxylic acids is 1. The minimum absolute atomic E-state index is 0.566. The summed E-state index contributed by atoms with van der Waals surface area (Å²) in [7, 11) is -4.27. The average Bonchev–Trinajstić information content (AvgIpc) is 2.65. The third kappa shape index (κ3) is 9.90. The van der Waals surface area contributed by atoms with Crippen LogP contribution in [0.1, 0.15) is 89.9 Å². The van der Waals surface area contributed by atoms with Crippen LogP contribution in [-0.2, 0) is 13.9 Å². The maximum Gasteiger partial charge on any atom is 0.350 e. The number of benzene rings is 1. The molecule has 0 saturated heterocycles. The molecule has 0 aromatic heterocycles. The topological polar surface area (TPSA) is 95.9 Å². The van der Waals surface area contributed by atoms with Crippen molar-refractivity contribution < 1.29 is 23.9 Å². The maximum atomic E-state index is 12.9. The summed E-state index contributed by atoms with van der Waals surface area (Å²) in [6, 6.07) is 8.88. The smallest absolute Gasteiger partial charge is 0.350 e. The number of aliphatic carboxylic acids is 1. The highest BCUT2D eigenvalue weighted by Gasteiger charge is 2.42. The molecule has 0 saturated carbocycles. The lowest BCUT2D eigenvalue weighted by Crippen LogP contribution is -2.35. The van der Waals surface area contributed by atoms with Crippen LogP contribution in [0, 0.1) is 0 Å². The van der Waals surface area contributed by atoms with Crippen LogP contribution in [0.5, 0.6) is 0 Å². The molecule has 0 aliphatic carbocycles. The SMILES string of the molecule is CCCCCCCCCCCNC(c1ccccc1)P(=O)(O)OC(C)(C)C(=O)O. The Labute approximate surface area is 175 Å². The van der Waals surface area contributed by atoms with Gasteiger partial charge < -0.3 is 10.00 Å². The van der Waals surface area contributed by atoms with Crippen molar-refractivity contribution in [1.82, 2.24) is 5.32 Å². The number of nitrogens with one attached hydrogen (secondary N) is 1. The highest BCUT2D eigenvalue weighted by molar-refractivity contribution is 7.53. The molecule has 3 N–H and O–H groups in total. The summed E-state index contributed by atoms with van der Waals surface area (Å²) in [6.45, 7) is 5.34. The minimum atomic E-state index is -4.27. The first-order chi connectivity index (χ1) is 13.7. The lowest BCUT2D eigenvalue weighted by Gasteiger charge is -2.29. The lowest BCUT2D eigenvalue weighted by atomic mass is 10.1. The molecule has 0 amide bonds. The van der Waals surface area contributed by atoms with Gasteiger partial charge in [-0.05, 0) is 32.4 Å². The number of carbonyl (C=O) groups is 1. The summed E-state index contributed by atoms with van der Waals surface area (Å²) < 4.78 is 18.1. The molecule has 1 aromatic carbocycles. The molecule has 0 fully saturated rings. The molecule has 29 heavy (non-hydrogen) atoms. The van der Waals surface area contributed by atoms with Crippen molar-refractivity contribution in [3.05, 3.63) is 35.9 Å². The molecule has 0 heterocycles. The maximum absolute atomic E-state index is 12.9. The van der Waals surface area contributed by atoms with Crippen LogP contribution in [-0.4, -0.2) is 28.1 Å². The summed E-state index contributed by atoms with van der Waals surface area (Å²) in [5.41, 5.74) is -1.15. The molecule has 2 unspecified atom stereocenters. The van der Waals surface area contributed by atoms with Crippen LogP contribution in [0.15, 0.2) is 30.3 Å². The standard InChI is InChI=1S/C22H38NO5P/c1-4-5-6-7-8-9-10-11-15-18-23-20(19-16-13-12-14-17-19)29(26,27)28-22(2,3)21(24)25/h12-14,16-17,20,23H,4-11,15,18H2,1-3H3,(H,24,25)(H,26,27). The number of carboxylic acid groups (broad SMARTS) is 1. The number of hydrogen-bond donors (Lipinski definition) is 3. The quantitative estimate of drug-likeness (QED) is 0.225. The molecule has 7 heteroatoms. The molecule has 0 aliphatic rings. The molecule has 0 spiro atoms. The van der Waals surface area contributed by atoms with Crippen molar-refractivity contribution in [2.45, 2.75) is 89.9 Å². The third-order valence-corrected chi connectivity index (χ3v) is 6.78.